The van der Waals surface area contributed by atoms with Gasteiger partial charge in [-0.15, -0.1) is 0 Å². The molecule has 1 amide bonds. The van der Waals surface area contributed by atoms with E-state index in [0.29, 0.717) is 30.0 Å². The Morgan fingerprint density at radius 3 is 2.83 bits per heavy atom. The Hall–Kier alpha value is -1.66. The van der Waals surface area contributed by atoms with E-state index >= 15 is 0 Å². The van der Waals surface area contributed by atoms with Crippen molar-refractivity contribution in [2.45, 2.75) is 26.3 Å². The molecule has 0 unspecified atom stereocenters. The molecule has 3 heterocycles. The monoisotopic (exact) mass is 333 g/mol. The number of carbonyl (C=O) groups is 1. The normalized spacial score (nSPS) is 25.0. The van der Waals surface area contributed by atoms with E-state index in [1.54, 1.807) is 18.3 Å². The summed E-state index contributed by atoms with van der Waals surface area (Å²) in [6, 6.07) is 3.96. The van der Waals surface area contributed by atoms with Crippen LogP contribution in [0, 0.1) is 5.92 Å². The first-order valence-corrected chi connectivity index (χ1v) is 8.92. The molecule has 0 N–H and O–H groups in total. The molecule has 0 aromatic carbocycles. The van der Waals surface area contributed by atoms with Crippen LogP contribution in [-0.2, 0) is 4.74 Å². The molecular formula is C18H27N3O3. The van der Waals surface area contributed by atoms with Crippen molar-refractivity contribution in [2.75, 3.05) is 46.0 Å². The number of aromatic nitrogens is 1. The summed E-state index contributed by atoms with van der Waals surface area (Å²) >= 11 is 0. The molecule has 0 saturated carbocycles. The highest BCUT2D eigenvalue weighted by atomic mass is 16.5. The SMILES string of the molecule is CCOc1cc(C(=O)N2C[C@H](CC)[C@H](N3CCOCC3)C2)ccn1. The van der Waals surface area contributed by atoms with Crippen LogP contribution >= 0.6 is 0 Å². The van der Waals surface area contributed by atoms with Gasteiger partial charge in [-0.25, -0.2) is 4.98 Å². The summed E-state index contributed by atoms with van der Waals surface area (Å²) in [5, 5.41) is 0. The molecule has 1 aromatic heterocycles. The molecule has 2 saturated heterocycles. The minimum Gasteiger partial charge on any atom is -0.478 e. The first-order valence-electron chi connectivity index (χ1n) is 8.92. The third-order valence-corrected chi connectivity index (χ3v) is 5.01. The molecule has 0 bridgehead atoms. The van der Waals surface area contributed by atoms with Gasteiger partial charge in [0.1, 0.15) is 0 Å². The van der Waals surface area contributed by atoms with Crippen molar-refractivity contribution in [1.82, 2.24) is 14.8 Å². The predicted octanol–water partition coefficient (Wildman–Crippen LogP) is 1.66. The fraction of sp³-hybridized carbons (Fsp3) is 0.667. The number of pyridine rings is 1. The quantitative estimate of drug-likeness (QED) is 0.820. The molecule has 2 aliphatic rings. The van der Waals surface area contributed by atoms with Crippen LogP contribution in [0.1, 0.15) is 30.6 Å². The largest absolute Gasteiger partial charge is 0.478 e. The first kappa shape index (κ1) is 17.2. The molecule has 2 fully saturated rings. The maximum Gasteiger partial charge on any atom is 0.254 e. The Kier molecular flexibility index (Phi) is 5.68. The van der Waals surface area contributed by atoms with Crippen LogP contribution in [0.5, 0.6) is 5.88 Å². The summed E-state index contributed by atoms with van der Waals surface area (Å²) in [4.78, 5) is 21.5. The lowest BCUT2D eigenvalue weighted by atomic mass is 9.99. The highest BCUT2D eigenvalue weighted by Gasteiger charge is 2.38. The Morgan fingerprint density at radius 2 is 2.12 bits per heavy atom. The number of morpholine rings is 1. The molecule has 3 rings (SSSR count). The van der Waals surface area contributed by atoms with Crippen LogP contribution in [0.3, 0.4) is 0 Å². The maximum absolute atomic E-state index is 12.9. The van der Waals surface area contributed by atoms with Crippen LogP contribution in [0.2, 0.25) is 0 Å². The van der Waals surface area contributed by atoms with Crippen LogP contribution in [0.25, 0.3) is 0 Å². The highest BCUT2D eigenvalue weighted by Crippen LogP contribution is 2.27. The van der Waals surface area contributed by atoms with E-state index < -0.39 is 0 Å². The van der Waals surface area contributed by atoms with E-state index in [4.69, 9.17) is 9.47 Å². The van der Waals surface area contributed by atoms with Crippen LogP contribution in [0.4, 0.5) is 0 Å². The Morgan fingerprint density at radius 1 is 1.33 bits per heavy atom. The molecule has 132 valence electrons. The fourth-order valence-electron chi connectivity index (χ4n) is 3.70. The van der Waals surface area contributed by atoms with E-state index in [0.717, 1.165) is 45.8 Å². The number of amides is 1. The summed E-state index contributed by atoms with van der Waals surface area (Å²) in [6.07, 6.45) is 2.73. The zero-order valence-electron chi connectivity index (χ0n) is 14.6. The Bertz CT molecular complexity index is 560. The van der Waals surface area contributed by atoms with Crippen molar-refractivity contribution in [1.29, 1.82) is 0 Å². The van der Waals surface area contributed by atoms with E-state index in [-0.39, 0.29) is 5.91 Å². The minimum absolute atomic E-state index is 0.0764. The van der Waals surface area contributed by atoms with Gasteiger partial charge >= 0.3 is 0 Å². The number of nitrogens with zero attached hydrogens (tertiary/aromatic N) is 3. The third-order valence-electron chi connectivity index (χ3n) is 5.01. The maximum atomic E-state index is 12.9. The average molecular weight is 333 g/mol. The van der Waals surface area contributed by atoms with Crippen molar-refractivity contribution in [2.24, 2.45) is 5.92 Å². The molecule has 0 aliphatic carbocycles. The lowest BCUT2D eigenvalue weighted by Crippen LogP contribution is -2.47. The van der Waals surface area contributed by atoms with Crippen LogP contribution < -0.4 is 4.74 Å². The first-order chi connectivity index (χ1) is 11.7. The standard InChI is InChI=1S/C18H27N3O3/c1-3-14-12-21(13-16(14)20-7-9-23-10-8-20)18(22)15-5-6-19-17(11-15)24-4-2/h5-6,11,14,16H,3-4,7-10,12-13H2,1-2H3/t14-,16+/m0/s1. The number of ether oxygens (including phenoxy) is 2. The van der Waals surface area contributed by atoms with Gasteiger partial charge in [-0.05, 0) is 18.9 Å². The van der Waals surface area contributed by atoms with Crippen molar-refractivity contribution < 1.29 is 14.3 Å². The predicted molar refractivity (Wildman–Crippen MR) is 91.3 cm³/mol. The fourth-order valence-corrected chi connectivity index (χ4v) is 3.70. The van der Waals surface area contributed by atoms with E-state index in [1.165, 1.54) is 0 Å². The number of rotatable bonds is 5. The van der Waals surface area contributed by atoms with E-state index in [9.17, 15) is 4.79 Å². The van der Waals surface area contributed by atoms with Gasteiger partial charge in [0.25, 0.3) is 5.91 Å². The average Bonchev–Trinajstić information content (AvgIpc) is 3.07. The number of hydrogen-bond donors (Lipinski definition) is 0. The second-order valence-corrected chi connectivity index (χ2v) is 6.41. The molecule has 2 aliphatic heterocycles. The lowest BCUT2D eigenvalue weighted by molar-refractivity contribution is 0.0103. The second kappa shape index (κ2) is 7.94. The van der Waals surface area contributed by atoms with E-state index in [2.05, 4.69) is 16.8 Å². The van der Waals surface area contributed by atoms with Gasteiger partial charge in [-0.2, -0.15) is 0 Å². The zero-order valence-corrected chi connectivity index (χ0v) is 14.6. The van der Waals surface area contributed by atoms with Gasteiger partial charge in [-0.1, -0.05) is 13.3 Å². The third kappa shape index (κ3) is 3.70. The Balaban J connectivity index is 1.70. The van der Waals surface area contributed by atoms with Gasteiger partial charge < -0.3 is 14.4 Å². The van der Waals surface area contributed by atoms with Crippen molar-refractivity contribution in [3.05, 3.63) is 23.9 Å². The van der Waals surface area contributed by atoms with Gasteiger partial charge in [0.05, 0.1) is 19.8 Å². The topological polar surface area (TPSA) is 54.9 Å². The minimum atomic E-state index is 0.0764. The molecule has 6 nitrogen and oxygen atoms in total. The summed E-state index contributed by atoms with van der Waals surface area (Å²) < 4.78 is 10.9. The molecule has 2 atom stereocenters. The van der Waals surface area contributed by atoms with Gasteiger partial charge in [0.15, 0.2) is 0 Å². The molecular weight excluding hydrogens is 306 g/mol. The number of likely N-dealkylation sites (tertiary alicyclic amines) is 1. The number of carbonyl (C=O) groups excluding carboxylic acids is 1. The van der Waals surface area contributed by atoms with Crippen LogP contribution in [0.15, 0.2) is 18.3 Å². The highest BCUT2D eigenvalue weighted by molar-refractivity contribution is 5.94. The molecule has 24 heavy (non-hydrogen) atoms. The Labute approximate surface area is 143 Å². The zero-order chi connectivity index (χ0) is 16.9. The van der Waals surface area contributed by atoms with Crippen molar-refractivity contribution >= 4 is 5.91 Å². The lowest BCUT2D eigenvalue weighted by Gasteiger charge is -2.34. The van der Waals surface area contributed by atoms with Crippen molar-refractivity contribution in [3.8, 4) is 5.88 Å². The molecule has 0 spiro atoms. The molecule has 6 heteroatoms. The smallest absolute Gasteiger partial charge is 0.254 e. The number of hydrogen-bond acceptors (Lipinski definition) is 5. The summed E-state index contributed by atoms with van der Waals surface area (Å²) in [6.45, 7) is 9.81. The summed E-state index contributed by atoms with van der Waals surface area (Å²) in [5.74, 6) is 1.12. The summed E-state index contributed by atoms with van der Waals surface area (Å²) in [7, 11) is 0. The molecule has 0 radical (unpaired) electrons. The van der Waals surface area contributed by atoms with Gasteiger partial charge in [0.2, 0.25) is 5.88 Å². The van der Waals surface area contributed by atoms with Gasteiger partial charge in [-0.3, -0.25) is 9.69 Å². The second-order valence-electron chi connectivity index (χ2n) is 6.41. The van der Waals surface area contributed by atoms with Crippen molar-refractivity contribution in [3.63, 3.8) is 0 Å². The molecule has 1 aromatic rings. The van der Waals surface area contributed by atoms with Crippen LogP contribution in [-0.4, -0.2) is 72.7 Å². The van der Waals surface area contributed by atoms with Gasteiger partial charge in [0, 0.05) is 50.0 Å². The summed E-state index contributed by atoms with van der Waals surface area (Å²) in [5.41, 5.74) is 0.658. The van der Waals surface area contributed by atoms with E-state index in [1.807, 2.05) is 11.8 Å².